The van der Waals surface area contributed by atoms with Gasteiger partial charge >= 0.3 is 0 Å². The summed E-state index contributed by atoms with van der Waals surface area (Å²) in [7, 11) is 0. The zero-order valence-corrected chi connectivity index (χ0v) is 24.9. The van der Waals surface area contributed by atoms with Crippen LogP contribution in [0.25, 0.3) is 17.0 Å². The van der Waals surface area contributed by atoms with Gasteiger partial charge in [0, 0.05) is 34.7 Å². The molecule has 1 aliphatic carbocycles. The van der Waals surface area contributed by atoms with Crippen LogP contribution in [0.1, 0.15) is 49.4 Å². The third kappa shape index (κ3) is 5.23. The monoisotopic (exact) mass is 587 g/mol. The maximum Gasteiger partial charge on any atom is 0.267 e. The zero-order valence-electron chi connectivity index (χ0n) is 22.6. The average Bonchev–Trinajstić information content (AvgIpc) is 3.40. The predicted molar refractivity (Wildman–Crippen MR) is 170 cm³/mol. The van der Waals surface area contributed by atoms with Gasteiger partial charge in [0.2, 0.25) is 0 Å². The molecule has 7 heteroatoms. The molecule has 40 heavy (non-hydrogen) atoms. The van der Waals surface area contributed by atoms with Crippen molar-refractivity contribution in [3.63, 3.8) is 0 Å². The van der Waals surface area contributed by atoms with E-state index in [1.165, 1.54) is 18.2 Å². The molecule has 1 aromatic heterocycles. The summed E-state index contributed by atoms with van der Waals surface area (Å²) in [6.45, 7) is 5.04. The molecule has 2 heterocycles. The number of amidine groups is 1. The van der Waals surface area contributed by atoms with Crippen molar-refractivity contribution in [3.8, 4) is 0 Å². The Morgan fingerprint density at radius 3 is 2.50 bits per heavy atom. The molecule has 2 aliphatic rings. The molecule has 1 aliphatic heterocycles. The Morgan fingerprint density at radius 1 is 0.975 bits per heavy atom. The molecule has 0 N–H and O–H groups in total. The maximum atomic E-state index is 14.1. The summed E-state index contributed by atoms with van der Waals surface area (Å²) >= 11 is 14.0. The lowest BCUT2D eigenvalue weighted by Crippen LogP contribution is -2.44. The second-order valence-corrected chi connectivity index (χ2v) is 12.5. The van der Waals surface area contributed by atoms with Crippen molar-refractivity contribution < 1.29 is 4.79 Å². The normalized spacial score (nSPS) is 21.7. The van der Waals surface area contributed by atoms with Crippen molar-refractivity contribution in [1.29, 1.82) is 0 Å². The highest BCUT2D eigenvalue weighted by molar-refractivity contribution is 8.18. The van der Waals surface area contributed by atoms with E-state index in [-0.39, 0.29) is 11.9 Å². The Morgan fingerprint density at radius 2 is 1.73 bits per heavy atom. The fraction of sp³-hybridized carbons (Fsp3) is 0.273. The second-order valence-electron chi connectivity index (χ2n) is 10.7. The first-order valence-corrected chi connectivity index (χ1v) is 15.4. The standard InChI is InChI=1S/C33H31Cl2N3OS/c1-21-10-6-8-14-29(21)38-32(39)31(40-33(38)36-24-11-4-3-5-12-24)19-26-22(2)37(30-15-9-7-13-25(26)30)20-23-16-17-27(34)28(35)18-23/h3-5,7,9,11-13,15-19,21,29H,6,8,10,14,20H2,1-2H3/b31-19-,36-33?/t21-,29-/m1/s1. The van der Waals surface area contributed by atoms with Gasteiger partial charge in [-0.3, -0.25) is 9.69 Å². The van der Waals surface area contributed by atoms with Crippen LogP contribution in [-0.4, -0.2) is 26.6 Å². The Labute approximate surface area is 249 Å². The van der Waals surface area contributed by atoms with E-state index in [4.69, 9.17) is 28.2 Å². The lowest BCUT2D eigenvalue weighted by atomic mass is 9.85. The number of aromatic nitrogens is 1. The summed E-state index contributed by atoms with van der Waals surface area (Å²) in [6.07, 6.45) is 6.58. The van der Waals surface area contributed by atoms with Crippen LogP contribution in [0, 0.1) is 12.8 Å². The van der Waals surface area contributed by atoms with Crippen LogP contribution in [-0.2, 0) is 11.3 Å². The molecule has 0 bridgehead atoms. The maximum absolute atomic E-state index is 14.1. The molecule has 4 nitrogen and oxygen atoms in total. The van der Waals surface area contributed by atoms with Crippen molar-refractivity contribution in [2.24, 2.45) is 10.9 Å². The molecule has 0 unspecified atom stereocenters. The number of benzene rings is 3. The minimum atomic E-state index is 0.0548. The molecular formula is C33H31Cl2N3OS. The number of nitrogens with zero attached hydrogens (tertiary/aromatic N) is 3. The van der Waals surface area contributed by atoms with Gasteiger partial charge in [0.05, 0.1) is 20.6 Å². The van der Waals surface area contributed by atoms with E-state index in [1.807, 2.05) is 53.4 Å². The van der Waals surface area contributed by atoms with E-state index in [2.05, 4.69) is 48.8 Å². The lowest BCUT2D eigenvalue weighted by Gasteiger charge is -2.35. The second kappa shape index (κ2) is 11.5. The Balaban J connectivity index is 1.43. The Hall–Kier alpha value is -2.99. The molecule has 2 atom stereocenters. The van der Waals surface area contributed by atoms with Gasteiger partial charge in [-0.2, -0.15) is 0 Å². The van der Waals surface area contributed by atoms with Gasteiger partial charge in [-0.1, -0.05) is 85.4 Å². The molecule has 1 saturated heterocycles. The zero-order chi connectivity index (χ0) is 27.8. The van der Waals surface area contributed by atoms with Crippen molar-refractivity contribution in [1.82, 2.24) is 9.47 Å². The average molecular weight is 589 g/mol. The van der Waals surface area contributed by atoms with Crippen LogP contribution in [0.3, 0.4) is 0 Å². The van der Waals surface area contributed by atoms with E-state index < -0.39 is 0 Å². The predicted octanol–water partition coefficient (Wildman–Crippen LogP) is 9.49. The number of halogens is 2. The Bertz CT molecular complexity index is 1640. The van der Waals surface area contributed by atoms with Gasteiger partial charge in [0.25, 0.3) is 5.91 Å². The number of thioether (sulfide) groups is 1. The molecule has 0 radical (unpaired) electrons. The van der Waals surface area contributed by atoms with Gasteiger partial charge in [0.1, 0.15) is 0 Å². The topological polar surface area (TPSA) is 37.6 Å². The largest absolute Gasteiger partial charge is 0.340 e. The summed E-state index contributed by atoms with van der Waals surface area (Å²) in [5.41, 5.74) is 5.20. The minimum absolute atomic E-state index is 0.0548. The molecule has 1 amide bonds. The van der Waals surface area contributed by atoms with Crippen LogP contribution >= 0.6 is 35.0 Å². The molecular weight excluding hydrogens is 557 g/mol. The molecule has 6 rings (SSSR count). The van der Waals surface area contributed by atoms with Crippen LogP contribution in [0.4, 0.5) is 5.69 Å². The SMILES string of the molecule is Cc1c(/C=C2\SC(=Nc3ccccc3)N([C@@H]3CCCC[C@H]3C)C2=O)c2ccccc2n1Cc1ccc(Cl)c(Cl)c1. The smallest absolute Gasteiger partial charge is 0.267 e. The number of hydrogen-bond acceptors (Lipinski definition) is 3. The third-order valence-corrected chi connectivity index (χ3v) is 9.82. The molecule has 1 saturated carbocycles. The fourth-order valence-corrected chi connectivity index (χ4v) is 7.29. The number of aliphatic imine (C=N–C) groups is 1. The van der Waals surface area contributed by atoms with Gasteiger partial charge in [0.15, 0.2) is 5.17 Å². The number of amides is 1. The number of carbonyl (C=O) groups is 1. The summed E-state index contributed by atoms with van der Waals surface area (Å²) in [4.78, 5) is 21.8. The molecule has 3 aromatic carbocycles. The third-order valence-electron chi connectivity index (χ3n) is 8.10. The van der Waals surface area contributed by atoms with Gasteiger partial charge in [-0.05, 0) is 79.4 Å². The molecule has 4 aromatic rings. The number of para-hydroxylation sites is 2. The highest BCUT2D eigenvalue weighted by Crippen LogP contribution is 2.41. The van der Waals surface area contributed by atoms with Crippen LogP contribution in [0.2, 0.25) is 10.0 Å². The van der Waals surface area contributed by atoms with Gasteiger partial charge < -0.3 is 4.57 Å². The summed E-state index contributed by atoms with van der Waals surface area (Å²) < 4.78 is 2.28. The van der Waals surface area contributed by atoms with Gasteiger partial charge in [-0.15, -0.1) is 0 Å². The van der Waals surface area contributed by atoms with Crippen molar-refractivity contribution in [3.05, 3.63) is 105 Å². The molecule has 204 valence electrons. The lowest BCUT2D eigenvalue weighted by molar-refractivity contribution is -0.124. The first-order chi connectivity index (χ1) is 19.4. The number of fused-ring (bicyclic) bond motifs is 1. The van der Waals surface area contributed by atoms with Crippen LogP contribution < -0.4 is 0 Å². The number of hydrogen-bond donors (Lipinski definition) is 0. The first kappa shape index (κ1) is 27.2. The van der Waals surface area contributed by atoms with Crippen molar-refractivity contribution in [2.75, 3.05) is 0 Å². The highest BCUT2D eigenvalue weighted by Gasteiger charge is 2.41. The van der Waals surface area contributed by atoms with E-state index in [0.29, 0.717) is 27.4 Å². The van der Waals surface area contributed by atoms with E-state index >= 15 is 0 Å². The highest BCUT2D eigenvalue weighted by atomic mass is 35.5. The van der Waals surface area contributed by atoms with E-state index in [9.17, 15) is 4.79 Å². The van der Waals surface area contributed by atoms with Crippen LogP contribution in [0.5, 0.6) is 0 Å². The molecule has 2 fully saturated rings. The van der Waals surface area contributed by atoms with E-state index in [0.717, 1.165) is 57.8 Å². The number of rotatable bonds is 5. The fourth-order valence-electron chi connectivity index (χ4n) is 5.95. The first-order valence-electron chi connectivity index (χ1n) is 13.8. The summed E-state index contributed by atoms with van der Waals surface area (Å²) in [5, 5.41) is 2.99. The summed E-state index contributed by atoms with van der Waals surface area (Å²) in [6, 6.07) is 24.2. The summed E-state index contributed by atoms with van der Waals surface area (Å²) in [5.74, 6) is 0.493. The van der Waals surface area contributed by atoms with Crippen LogP contribution in [0.15, 0.2) is 82.7 Å². The quantitative estimate of drug-likeness (QED) is 0.218. The van der Waals surface area contributed by atoms with E-state index in [1.54, 1.807) is 0 Å². The number of carbonyl (C=O) groups excluding carboxylic acids is 1. The Kier molecular flexibility index (Phi) is 7.80. The van der Waals surface area contributed by atoms with Crippen molar-refractivity contribution >= 4 is 68.7 Å². The minimum Gasteiger partial charge on any atom is -0.340 e. The van der Waals surface area contributed by atoms with Gasteiger partial charge in [-0.25, -0.2) is 4.99 Å². The molecule has 0 spiro atoms. The van der Waals surface area contributed by atoms with Crippen molar-refractivity contribution in [2.45, 2.75) is 52.1 Å².